The van der Waals surface area contributed by atoms with E-state index < -0.39 is 15.9 Å². The number of nitrogens with zero attached hydrogens (tertiary/aromatic N) is 5. The Bertz CT molecular complexity index is 1770. The molecule has 2 aromatic heterocycles. The molecule has 44 heavy (non-hydrogen) atoms. The standard InChI is InChI=1S/C33H40N6O4S/c1-22(2)31-30-28(23-10-12-24(13-11-23)37(3)25-14-18-43-19-15-25)21-29(33(40)36-44(4,41)42)34-32(30)39(35-31)27-9-7-8-26(20-27)38-16-5-6-17-38/h7-13,20-22,25H,5-6,14-19H2,1-4H3,(H,36,40). The first-order valence-electron chi connectivity index (χ1n) is 15.3. The summed E-state index contributed by atoms with van der Waals surface area (Å²) in [6.45, 7) is 7.74. The summed E-state index contributed by atoms with van der Waals surface area (Å²) >= 11 is 0. The lowest BCUT2D eigenvalue weighted by molar-refractivity contribution is 0.0855. The number of carbonyl (C=O) groups excluding carboxylic acids is 1. The topological polar surface area (TPSA) is 110 Å². The van der Waals surface area contributed by atoms with Gasteiger partial charge in [-0.2, -0.15) is 5.10 Å². The molecule has 2 saturated heterocycles. The first-order valence-corrected chi connectivity index (χ1v) is 17.2. The molecule has 2 aromatic carbocycles. The number of aromatic nitrogens is 3. The van der Waals surface area contributed by atoms with Crippen LogP contribution in [0.25, 0.3) is 27.8 Å². The Morgan fingerprint density at radius 2 is 1.70 bits per heavy atom. The third-order valence-electron chi connectivity index (χ3n) is 8.59. The highest BCUT2D eigenvalue weighted by molar-refractivity contribution is 7.89. The Balaban J connectivity index is 1.50. The highest BCUT2D eigenvalue weighted by atomic mass is 32.2. The lowest BCUT2D eigenvalue weighted by Gasteiger charge is -2.33. The van der Waals surface area contributed by atoms with E-state index in [0.29, 0.717) is 11.7 Å². The monoisotopic (exact) mass is 616 g/mol. The van der Waals surface area contributed by atoms with E-state index in [9.17, 15) is 13.2 Å². The Morgan fingerprint density at radius 1 is 1.02 bits per heavy atom. The molecule has 0 atom stereocenters. The van der Waals surface area contributed by atoms with Gasteiger partial charge in [0.2, 0.25) is 10.0 Å². The van der Waals surface area contributed by atoms with Crippen molar-refractivity contribution in [3.63, 3.8) is 0 Å². The van der Waals surface area contributed by atoms with Crippen LogP contribution in [0.2, 0.25) is 0 Å². The van der Waals surface area contributed by atoms with Gasteiger partial charge in [-0.05, 0) is 79.1 Å². The van der Waals surface area contributed by atoms with E-state index in [1.807, 2.05) is 24.3 Å². The van der Waals surface area contributed by atoms with Crippen LogP contribution in [0.4, 0.5) is 11.4 Å². The maximum Gasteiger partial charge on any atom is 0.283 e. The predicted octanol–water partition coefficient (Wildman–Crippen LogP) is 5.12. The van der Waals surface area contributed by atoms with E-state index >= 15 is 0 Å². The zero-order valence-corrected chi connectivity index (χ0v) is 26.6. The minimum Gasteiger partial charge on any atom is -0.381 e. The summed E-state index contributed by atoms with van der Waals surface area (Å²) in [5, 5.41) is 5.90. The average Bonchev–Trinajstić information content (AvgIpc) is 3.69. The fraction of sp³-hybridized carbons (Fsp3) is 0.424. The molecule has 4 heterocycles. The van der Waals surface area contributed by atoms with Gasteiger partial charge in [-0.15, -0.1) is 0 Å². The smallest absolute Gasteiger partial charge is 0.283 e. The van der Waals surface area contributed by atoms with Gasteiger partial charge < -0.3 is 14.5 Å². The van der Waals surface area contributed by atoms with Crippen molar-refractivity contribution in [2.24, 2.45) is 0 Å². The van der Waals surface area contributed by atoms with E-state index in [4.69, 9.17) is 14.8 Å². The third kappa shape index (κ3) is 6.16. The fourth-order valence-corrected chi connectivity index (χ4v) is 6.69. The first-order chi connectivity index (χ1) is 21.1. The maximum absolute atomic E-state index is 13.2. The SMILES string of the molecule is CC(C)c1nn(-c2cccc(N3CCCC3)c2)c2nc(C(=O)NS(C)(=O)=O)cc(-c3ccc(N(C)C4CCOCC4)cc3)c12. The Hall–Kier alpha value is -3.96. The Labute approximate surface area is 259 Å². The zero-order chi connectivity index (χ0) is 31.0. The molecule has 0 unspecified atom stereocenters. The summed E-state index contributed by atoms with van der Waals surface area (Å²) in [5.41, 5.74) is 6.08. The van der Waals surface area contributed by atoms with Gasteiger partial charge in [0.25, 0.3) is 5.91 Å². The Morgan fingerprint density at radius 3 is 2.36 bits per heavy atom. The highest BCUT2D eigenvalue weighted by Gasteiger charge is 2.25. The number of carbonyl (C=O) groups is 1. The molecule has 0 spiro atoms. The average molecular weight is 617 g/mol. The van der Waals surface area contributed by atoms with Crippen LogP contribution in [0.15, 0.2) is 54.6 Å². The van der Waals surface area contributed by atoms with E-state index in [2.05, 4.69) is 59.7 Å². The molecule has 0 bridgehead atoms. The minimum atomic E-state index is -3.80. The predicted molar refractivity (Wildman–Crippen MR) is 174 cm³/mol. The van der Waals surface area contributed by atoms with Crippen molar-refractivity contribution in [3.8, 4) is 16.8 Å². The van der Waals surface area contributed by atoms with Gasteiger partial charge in [-0.3, -0.25) is 4.79 Å². The molecule has 4 aromatic rings. The van der Waals surface area contributed by atoms with Crippen LogP contribution in [0.3, 0.4) is 0 Å². The van der Waals surface area contributed by atoms with Crippen LogP contribution in [0, 0.1) is 0 Å². The number of rotatable bonds is 8. The van der Waals surface area contributed by atoms with Crippen molar-refractivity contribution in [3.05, 3.63) is 66.0 Å². The summed E-state index contributed by atoms with van der Waals surface area (Å²) in [6.07, 6.45) is 5.26. The van der Waals surface area contributed by atoms with Gasteiger partial charge >= 0.3 is 0 Å². The van der Waals surface area contributed by atoms with E-state index in [-0.39, 0.29) is 11.6 Å². The number of pyridine rings is 1. The molecule has 6 rings (SSSR count). The Kier molecular flexibility index (Phi) is 8.34. The number of benzene rings is 2. The van der Waals surface area contributed by atoms with Crippen LogP contribution >= 0.6 is 0 Å². The highest BCUT2D eigenvalue weighted by Crippen LogP contribution is 2.37. The molecule has 11 heteroatoms. The van der Waals surface area contributed by atoms with Gasteiger partial charge in [0.05, 0.1) is 23.0 Å². The number of amides is 1. The molecular formula is C33H40N6O4S. The molecule has 1 amide bonds. The van der Waals surface area contributed by atoms with Crippen molar-refractivity contribution in [2.45, 2.75) is 51.5 Å². The van der Waals surface area contributed by atoms with Crippen molar-refractivity contribution in [1.82, 2.24) is 19.5 Å². The summed E-state index contributed by atoms with van der Waals surface area (Å²) in [6, 6.07) is 18.6. The minimum absolute atomic E-state index is 0.00785. The van der Waals surface area contributed by atoms with Crippen LogP contribution in [0.1, 0.15) is 61.6 Å². The molecule has 232 valence electrons. The lowest BCUT2D eigenvalue weighted by Crippen LogP contribution is -2.36. The largest absolute Gasteiger partial charge is 0.381 e. The molecule has 10 nitrogen and oxygen atoms in total. The number of hydrogen-bond donors (Lipinski definition) is 1. The second kappa shape index (κ2) is 12.2. The first kappa shape index (κ1) is 30.1. The summed E-state index contributed by atoms with van der Waals surface area (Å²) < 4.78 is 33.5. The van der Waals surface area contributed by atoms with Gasteiger partial charge in [-0.25, -0.2) is 22.8 Å². The van der Waals surface area contributed by atoms with Crippen molar-refractivity contribution in [2.75, 3.05) is 49.4 Å². The van der Waals surface area contributed by atoms with Crippen LogP contribution in [0.5, 0.6) is 0 Å². The molecule has 2 fully saturated rings. The van der Waals surface area contributed by atoms with Gasteiger partial charge in [0.1, 0.15) is 5.69 Å². The summed E-state index contributed by atoms with van der Waals surface area (Å²) in [5.74, 6) is -0.716. The molecule has 1 N–H and O–H groups in total. The van der Waals surface area contributed by atoms with E-state index in [1.54, 1.807) is 10.7 Å². The summed E-state index contributed by atoms with van der Waals surface area (Å²) in [7, 11) is -1.68. The van der Waals surface area contributed by atoms with Crippen LogP contribution in [-0.4, -0.2) is 74.7 Å². The lowest BCUT2D eigenvalue weighted by atomic mass is 9.97. The van der Waals surface area contributed by atoms with E-state index in [0.717, 1.165) is 84.7 Å². The number of sulfonamides is 1. The molecule has 2 aliphatic heterocycles. The van der Waals surface area contributed by atoms with Gasteiger partial charge in [0, 0.05) is 50.8 Å². The molecule has 0 aliphatic carbocycles. The quantitative estimate of drug-likeness (QED) is 0.291. The van der Waals surface area contributed by atoms with Crippen molar-refractivity contribution < 1.29 is 17.9 Å². The third-order valence-corrected chi connectivity index (χ3v) is 9.15. The number of anilines is 2. The fourth-order valence-electron chi connectivity index (χ4n) is 6.25. The second-order valence-electron chi connectivity index (χ2n) is 12.1. The molecule has 0 radical (unpaired) electrons. The van der Waals surface area contributed by atoms with Crippen LogP contribution in [-0.2, 0) is 14.8 Å². The number of fused-ring (bicyclic) bond motifs is 1. The van der Waals surface area contributed by atoms with Gasteiger partial charge in [0.15, 0.2) is 5.65 Å². The molecule has 2 aliphatic rings. The zero-order valence-electron chi connectivity index (χ0n) is 25.8. The second-order valence-corrected chi connectivity index (χ2v) is 13.9. The maximum atomic E-state index is 13.2. The van der Waals surface area contributed by atoms with Crippen molar-refractivity contribution >= 4 is 38.3 Å². The molecule has 0 saturated carbocycles. The number of nitrogens with one attached hydrogen (secondary N) is 1. The summed E-state index contributed by atoms with van der Waals surface area (Å²) in [4.78, 5) is 22.6. The normalized spacial score (nSPS) is 16.2. The number of hydrogen-bond acceptors (Lipinski definition) is 8. The number of ether oxygens (including phenoxy) is 1. The van der Waals surface area contributed by atoms with Gasteiger partial charge in [-0.1, -0.05) is 32.0 Å². The van der Waals surface area contributed by atoms with E-state index in [1.165, 1.54) is 12.8 Å². The van der Waals surface area contributed by atoms with Crippen LogP contribution < -0.4 is 14.5 Å². The van der Waals surface area contributed by atoms with Crippen molar-refractivity contribution in [1.29, 1.82) is 0 Å². The molecular weight excluding hydrogens is 576 g/mol.